The van der Waals surface area contributed by atoms with Gasteiger partial charge in [0.25, 0.3) is 0 Å². The topological polar surface area (TPSA) is 36.1 Å². The second-order valence-electron chi connectivity index (χ2n) is 6.66. The number of carbonyl (C=O) groups is 1. The van der Waals surface area contributed by atoms with Crippen LogP contribution in [0.4, 0.5) is 0 Å². The summed E-state index contributed by atoms with van der Waals surface area (Å²) in [6.07, 6.45) is 4.75. The maximum atomic E-state index is 12.6. The standard InChI is InChI=1S/C21H22N2O/c1-15-7-5-10-18-21(15)17(13-22-18)19-11-6-12-20(24)23(19)14-16-8-3-2-4-9-16/h2-5,7-10,13,19,22H,6,11-12,14H2,1H3/t19-/m1/s1. The Hall–Kier alpha value is -2.55. The van der Waals surface area contributed by atoms with E-state index in [1.165, 1.54) is 22.1 Å². The SMILES string of the molecule is Cc1cccc2[nH]cc([C@H]3CCCC(=O)N3Cc3ccccc3)c12. The highest BCUT2D eigenvalue weighted by Crippen LogP contribution is 2.37. The zero-order valence-electron chi connectivity index (χ0n) is 14.0. The van der Waals surface area contributed by atoms with Gasteiger partial charge in [-0.15, -0.1) is 0 Å². The van der Waals surface area contributed by atoms with E-state index in [0.717, 1.165) is 18.4 Å². The number of hydrogen-bond donors (Lipinski definition) is 1. The Morgan fingerprint density at radius 1 is 1.12 bits per heavy atom. The van der Waals surface area contributed by atoms with Gasteiger partial charge >= 0.3 is 0 Å². The highest BCUT2D eigenvalue weighted by atomic mass is 16.2. The average Bonchev–Trinajstić information content (AvgIpc) is 3.03. The van der Waals surface area contributed by atoms with Gasteiger partial charge in [0.2, 0.25) is 5.91 Å². The van der Waals surface area contributed by atoms with Crippen molar-refractivity contribution < 1.29 is 4.79 Å². The molecule has 0 radical (unpaired) electrons. The van der Waals surface area contributed by atoms with E-state index in [-0.39, 0.29) is 11.9 Å². The van der Waals surface area contributed by atoms with Crippen LogP contribution in [0.3, 0.4) is 0 Å². The number of likely N-dealkylation sites (tertiary alicyclic amines) is 1. The number of aromatic nitrogens is 1. The molecule has 2 aromatic carbocycles. The van der Waals surface area contributed by atoms with Gasteiger partial charge in [-0.25, -0.2) is 0 Å². The Morgan fingerprint density at radius 2 is 1.96 bits per heavy atom. The maximum absolute atomic E-state index is 12.6. The van der Waals surface area contributed by atoms with E-state index < -0.39 is 0 Å². The molecule has 2 heterocycles. The van der Waals surface area contributed by atoms with Gasteiger partial charge in [-0.1, -0.05) is 42.5 Å². The molecule has 4 rings (SSSR count). The number of benzene rings is 2. The third kappa shape index (κ3) is 2.60. The number of rotatable bonds is 3. The molecule has 0 unspecified atom stereocenters. The highest BCUT2D eigenvalue weighted by Gasteiger charge is 2.31. The van der Waals surface area contributed by atoms with Gasteiger partial charge in [0.15, 0.2) is 0 Å². The summed E-state index contributed by atoms with van der Waals surface area (Å²) in [5.41, 5.74) is 4.87. The zero-order valence-corrected chi connectivity index (χ0v) is 14.0. The fourth-order valence-electron chi connectivity index (χ4n) is 3.88. The minimum atomic E-state index is 0.154. The number of fused-ring (bicyclic) bond motifs is 1. The number of nitrogens with one attached hydrogen (secondary N) is 1. The minimum absolute atomic E-state index is 0.154. The van der Waals surface area contributed by atoms with Crippen molar-refractivity contribution in [1.82, 2.24) is 9.88 Å². The number of carbonyl (C=O) groups excluding carboxylic acids is 1. The summed E-state index contributed by atoms with van der Waals surface area (Å²) in [6.45, 7) is 2.83. The number of nitrogens with zero attached hydrogens (tertiary/aromatic N) is 1. The largest absolute Gasteiger partial charge is 0.361 e. The van der Waals surface area contributed by atoms with E-state index in [4.69, 9.17) is 0 Å². The molecule has 1 aliphatic heterocycles. The predicted octanol–water partition coefficient (Wildman–Crippen LogP) is 4.73. The fourth-order valence-corrected chi connectivity index (χ4v) is 3.88. The molecule has 0 saturated carbocycles. The van der Waals surface area contributed by atoms with E-state index in [2.05, 4.69) is 53.3 Å². The normalized spacial score (nSPS) is 18.3. The number of hydrogen-bond acceptors (Lipinski definition) is 1. The monoisotopic (exact) mass is 318 g/mol. The van der Waals surface area contributed by atoms with E-state index in [1.807, 2.05) is 18.2 Å². The minimum Gasteiger partial charge on any atom is -0.361 e. The lowest BCUT2D eigenvalue weighted by atomic mass is 9.92. The molecule has 1 amide bonds. The predicted molar refractivity (Wildman–Crippen MR) is 96.6 cm³/mol. The van der Waals surface area contributed by atoms with E-state index >= 15 is 0 Å². The molecule has 3 nitrogen and oxygen atoms in total. The lowest BCUT2D eigenvalue weighted by Gasteiger charge is -2.36. The van der Waals surface area contributed by atoms with E-state index in [0.29, 0.717) is 13.0 Å². The van der Waals surface area contributed by atoms with Crippen LogP contribution in [-0.4, -0.2) is 15.8 Å². The lowest BCUT2D eigenvalue weighted by molar-refractivity contribution is -0.137. The summed E-state index contributed by atoms with van der Waals surface area (Å²) in [4.78, 5) is 18.1. The lowest BCUT2D eigenvalue weighted by Crippen LogP contribution is -2.37. The summed E-state index contributed by atoms with van der Waals surface area (Å²) in [5, 5.41) is 1.27. The van der Waals surface area contributed by atoms with Crippen LogP contribution < -0.4 is 0 Å². The Bertz CT molecular complexity index is 866. The molecule has 1 saturated heterocycles. The maximum Gasteiger partial charge on any atom is 0.223 e. The number of aryl methyl sites for hydroxylation is 1. The van der Waals surface area contributed by atoms with Gasteiger partial charge in [-0.05, 0) is 37.0 Å². The van der Waals surface area contributed by atoms with Crippen LogP contribution in [0.1, 0.15) is 42.0 Å². The summed E-state index contributed by atoms with van der Waals surface area (Å²) >= 11 is 0. The first kappa shape index (κ1) is 15.0. The zero-order chi connectivity index (χ0) is 16.5. The summed E-state index contributed by atoms with van der Waals surface area (Å²) < 4.78 is 0. The average molecular weight is 318 g/mol. The molecule has 0 spiro atoms. The number of aromatic amines is 1. The quantitative estimate of drug-likeness (QED) is 0.744. The number of amides is 1. The molecular formula is C21H22N2O. The van der Waals surface area contributed by atoms with Gasteiger partial charge in [-0.2, -0.15) is 0 Å². The van der Waals surface area contributed by atoms with Crippen molar-refractivity contribution in [1.29, 1.82) is 0 Å². The summed E-state index contributed by atoms with van der Waals surface area (Å²) in [5.74, 6) is 0.262. The van der Waals surface area contributed by atoms with Crippen LogP contribution in [0.2, 0.25) is 0 Å². The van der Waals surface area contributed by atoms with Gasteiger partial charge in [0, 0.05) is 35.6 Å². The summed E-state index contributed by atoms with van der Waals surface area (Å²) in [6, 6.07) is 16.8. The molecule has 3 aromatic rings. The van der Waals surface area contributed by atoms with Crippen molar-refractivity contribution in [3.63, 3.8) is 0 Å². The van der Waals surface area contributed by atoms with Crippen LogP contribution in [0.25, 0.3) is 10.9 Å². The molecule has 0 bridgehead atoms. The first-order valence-corrected chi connectivity index (χ1v) is 8.64. The number of piperidine rings is 1. The Morgan fingerprint density at radius 3 is 2.79 bits per heavy atom. The Labute approximate surface area is 142 Å². The van der Waals surface area contributed by atoms with Crippen LogP contribution in [0.15, 0.2) is 54.7 Å². The molecule has 122 valence electrons. The first-order valence-electron chi connectivity index (χ1n) is 8.64. The molecule has 24 heavy (non-hydrogen) atoms. The molecule has 0 aliphatic carbocycles. The van der Waals surface area contributed by atoms with E-state index in [9.17, 15) is 4.79 Å². The van der Waals surface area contributed by atoms with Crippen LogP contribution in [0.5, 0.6) is 0 Å². The van der Waals surface area contributed by atoms with Crippen LogP contribution in [-0.2, 0) is 11.3 Å². The molecule has 1 aromatic heterocycles. The third-order valence-corrected chi connectivity index (χ3v) is 5.06. The van der Waals surface area contributed by atoms with Crippen molar-refractivity contribution in [2.45, 2.75) is 38.8 Å². The van der Waals surface area contributed by atoms with Gasteiger partial charge < -0.3 is 9.88 Å². The third-order valence-electron chi connectivity index (χ3n) is 5.06. The first-order chi connectivity index (χ1) is 11.7. The Balaban J connectivity index is 1.74. The number of H-pyrrole nitrogens is 1. The highest BCUT2D eigenvalue weighted by molar-refractivity contribution is 5.88. The molecule has 1 fully saturated rings. The molecular weight excluding hydrogens is 296 g/mol. The van der Waals surface area contributed by atoms with Crippen molar-refractivity contribution in [2.75, 3.05) is 0 Å². The van der Waals surface area contributed by atoms with Gasteiger partial charge in [-0.3, -0.25) is 4.79 Å². The van der Waals surface area contributed by atoms with Crippen LogP contribution >= 0.6 is 0 Å². The molecule has 1 atom stereocenters. The van der Waals surface area contributed by atoms with Gasteiger partial charge in [0.1, 0.15) is 0 Å². The van der Waals surface area contributed by atoms with Crippen molar-refractivity contribution in [3.05, 3.63) is 71.4 Å². The molecule has 1 aliphatic rings. The van der Waals surface area contributed by atoms with Crippen molar-refractivity contribution in [3.8, 4) is 0 Å². The summed E-state index contributed by atoms with van der Waals surface area (Å²) in [7, 11) is 0. The van der Waals surface area contributed by atoms with Crippen LogP contribution in [0, 0.1) is 6.92 Å². The van der Waals surface area contributed by atoms with Crippen molar-refractivity contribution in [2.24, 2.45) is 0 Å². The smallest absolute Gasteiger partial charge is 0.223 e. The fraction of sp³-hybridized carbons (Fsp3) is 0.286. The second-order valence-corrected chi connectivity index (χ2v) is 6.66. The van der Waals surface area contributed by atoms with E-state index in [1.54, 1.807) is 0 Å². The van der Waals surface area contributed by atoms with Crippen molar-refractivity contribution >= 4 is 16.8 Å². The molecule has 3 heteroatoms. The second kappa shape index (κ2) is 6.16. The Kier molecular flexibility index (Phi) is 3.85. The van der Waals surface area contributed by atoms with Gasteiger partial charge in [0.05, 0.1) is 6.04 Å². The molecule has 1 N–H and O–H groups in total.